The number of aromatic nitrogens is 3. The van der Waals surface area contributed by atoms with Crippen molar-refractivity contribution < 1.29 is 35.9 Å². The lowest BCUT2D eigenvalue weighted by Crippen LogP contribution is -2.30. The van der Waals surface area contributed by atoms with E-state index in [2.05, 4.69) is 10.2 Å². The molecule has 0 fully saturated rings. The van der Waals surface area contributed by atoms with Crippen LogP contribution in [0.25, 0.3) is 0 Å². The maximum atomic E-state index is 13.2. The van der Waals surface area contributed by atoms with Crippen LogP contribution in [0.1, 0.15) is 43.5 Å². The molecule has 13 heteroatoms. The molecule has 1 aromatic heterocycles. The molecule has 2 aromatic carbocycles. The smallest absolute Gasteiger partial charge is 0.295 e. The summed E-state index contributed by atoms with van der Waals surface area (Å²) in [4.78, 5) is 26.6. The van der Waals surface area contributed by atoms with E-state index in [1.54, 1.807) is 12.1 Å². The summed E-state index contributed by atoms with van der Waals surface area (Å²) in [6.45, 7) is 0.673. The average molecular weight is 580 g/mol. The molecule has 0 saturated carbocycles. The topological polar surface area (TPSA) is 68.1 Å². The Morgan fingerprint density at radius 2 is 1.52 bits per heavy atom. The summed E-state index contributed by atoms with van der Waals surface area (Å²) >= 11 is 1.93. The minimum absolute atomic E-state index is 0.0567. The zero-order valence-electron chi connectivity index (χ0n) is 16.4. The first-order valence-electron chi connectivity index (χ1n) is 9.15. The number of hydrogen-bond acceptors (Lipinski definition) is 4. The molecule has 0 spiro atoms. The van der Waals surface area contributed by atoms with E-state index in [0.29, 0.717) is 9.13 Å². The first kappa shape index (κ1) is 23.2. The van der Waals surface area contributed by atoms with Crippen LogP contribution in [-0.2, 0) is 18.9 Å². The summed E-state index contributed by atoms with van der Waals surface area (Å²) in [6.07, 6.45) is -10.3. The summed E-state index contributed by atoms with van der Waals surface area (Å²) < 4.78 is 79.6. The fraction of sp³-hybridized carbons (Fsp3) is 0.200. The summed E-state index contributed by atoms with van der Waals surface area (Å²) in [5, 5.41) is 5.35. The van der Waals surface area contributed by atoms with E-state index in [-0.39, 0.29) is 26.9 Å². The normalized spacial score (nSPS) is 14.2. The largest absolute Gasteiger partial charge is 0.451 e. The average Bonchev–Trinajstić information content (AvgIpc) is 3.23. The number of benzene rings is 2. The van der Waals surface area contributed by atoms with Crippen molar-refractivity contribution in [2.24, 2.45) is 0 Å². The van der Waals surface area contributed by atoms with Crippen molar-refractivity contribution in [3.8, 4) is 0 Å². The van der Waals surface area contributed by atoms with E-state index in [1.165, 1.54) is 31.2 Å². The molecular formula is C20H11F6IN4O2. The molecule has 0 atom stereocenters. The quantitative estimate of drug-likeness (QED) is 0.247. The molecule has 6 nitrogen and oxygen atoms in total. The number of carbonyl (C=O) groups is 2. The van der Waals surface area contributed by atoms with E-state index in [4.69, 9.17) is 0 Å². The SMILES string of the molecule is Cc1cc(Cn2c(C(F)(F)F)nnc2C(F)(F)F)ccc1N1C(=O)c2cccc(I)c2C1=O. The highest BCUT2D eigenvalue weighted by Gasteiger charge is 2.45. The van der Waals surface area contributed by atoms with Gasteiger partial charge in [0.05, 0.1) is 23.4 Å². The number of imide groups is 1. The third-order valence-electron chi connectivity index (χ3n) is 4.96. The molecule has 1 aliphatic heterocycles. The number of amides is 2. The maximum Gasteiger partial charge on any atom is 0.451 e. The molecular weight excluding hydrogens is 569 g/mol. The minimum atomic E-state index is -5.15. The van der Waals surface area contributed by atoms with Gasteiger partial charge in [-0.1, -0.05) is 18.2 Å². The highest BCUT2D eigenvalue weighted by atomic mass is 127. The molecule has 0 bridgehead atoms. The van der Waals surface area contributed by atoms with Crippen molar-refractivity contribution in [2.45, 2.75) is 25.8 Å². The van der Waals surface area contributed by atoms with Crippen LogP contribution < -0.4 is 4.90 Å². The predicted octanol–water partition coefficient (Wildman–Crippen LogP) is 5.08. The van der Waals surface area contributed by atoms with Crippen LogP contribution in [0.5, 0.6) is 0 Å². The molecule has 2 amide bonds. The second kappa shape index (κ2) is 7.81. The lowest BCUT2D eigenvalue weighted by Gasteiger charge is -2.18. The van der Waals surface area contributed by atoms with Crippen molar-refractivity contribution in [1.29, 1.82) is 0 Å². The predicted molar refractivity (Wildman–Crippen MR) is 111 cm³/mol. The molecule has 1 aliphatic rings. The van der Waals surface area contributed by atoms with Gasteiger partial charge in [0, 0.05) is 3.57 Å². The summed E-state index contributed by atoms with van der Waals surface area (Å²) in [5.74, 6) is -4.70. The molecule has 172 valence electrons. The van der Waals surface area contributed by atoms with Gasteiger partial charge in [-0.3, -0.25) is 14.2 Å². The number of carbonyl (C=O) groups excluding carboxylic acids is 2. The number of anilines is 1. The van der Waals surface area contributed by atoms with E-state index >= 15 is 0 Å². The van der Waals surface area contributed by atoms with E-state index in [9.17, 15) is 35.9 Å². The van der Waals surface area contributed by atoms with Gasteiger partial charge >= 0.3 is 12.4 Å². The van der Waals surface area contributed by atoms with E-state index in [1.807, 2.05) is 22.6 Å². The van der Waals surface area contributed by atoms with E-state index in [0.717, 1.165) is 4.90 Å². The Labute approximate surface area is 195 Å². The Morgan fingerprint density at radius 1 is 0.909 bits per heavy atom. The third-order valence-corrected chi connectivity index (χ3v) is 5.86. The summed E-state index contributed by atoms with van der Waals surface area (Å²) in [6, 6.07) is 8.66. The van der Waals surface area contributed by atoms with Crippen molar-refractivity contribution in [2.75, 3.05) is 4.90 Å². The lowest BCUT2D eigenvalue weighted by atomic mass is 10.1. The number of alkyl halides is 6. The molecule has 0 N–H and O–H groups in total. The number of halogens is 7. The Balaban J connectivity index is 1.71. The van der Waals surface area contributed by atoms with Crippen LogP contribution in [0.2, 0.25) is 0 Å². The van der Waals surface area contributed by atoms with Gasteiger partial charge in [0.15, 0.2) is 0 Å². The summed E-state index contributed by atoms with van der Waals surface area (Å²) in [7, 11) is 0. The van der Waals surface area contributed by atoms with Gasteiger partial charge in [-0.05, 0) is 58.8 Å². The van der Waals surface area contributed by atoms with Gasteiger partial charge in [-0.15, -0.1) is 10.2 Å². The first-order chi connectivity index (χ1) is 15.3. The van der Waals surface area contributed by atoms with Gasteiger partial charge in [-0.2, -0.15) is 26.3 Å². The van der Waals surface area contributed by atoms with Crippen LogP contribution in [0.4, 0.5) is 32.0 Å². The number of nitrogens with zero attached hydrogens (tertiary/aromatic N) is 4. The lowest BCUT2D eigenvalue weighted by molar-refractivity contribution is -0.155. The Morgan fingerprint density at radius 3 is 2.03 bits per heavy atom. The van der Waals surface area contributed by atoms with E-state index < -0.39 is 42.4 Å². The highest BCUT2D eigenvalue weighted by molar-refractivity contribution is 14.1. The number of aryl methyl sites for hydroxylation is 1. The molecule has 33 heavy (non-hydrogen) atoms. The molecule has 0 unspecified atom stereocenters. The Kier molecular flexibility index (Phi) is 5.49. The second-order valence-corrected chi connectivity index (χ2v) is 8.32. The van der Waals surface area contributed by atoms with Crippen molar-refractivity contribution in [3.05, 3.63) is 73.9 Å². The van der Waals surface area contributed by atoms with Gasteiger partial charge in [0.25, 0.3) is 11.8 Å². The fourth-order valence-corrected chi connectivity index (χ4v) is 4.31. The van der Waals surface area contributed by atoms with Gasteiger partial charge < -0.3 is 0 Å². The molecule has 4 rings (SSSR count). The zero-order chi connectivity index (χ0) is 24.3. The Hall–Kier alpha value is -2.97. The first-order valence-corrected chi connectivity index (χ1v) is 10.2. The van der Waals surface area contributed by atoms with Crippen LogP contribution in [0, 0.1) is 10.5 Å². The highest BCUT2D eigenvalue weighted by Crippen LogP contribution is 2.36. The van der Waals surface area contributed by atoms with Crippen LogP contribution >= 0.6 is 22.6 Å². The second-order valence-electron chi connectivity index (χ2n) is 7.16. The van der Waals surface area contributed by atoms with Gasteiger partial charge in [-0.25, -0.2) is 4.90 Å². The minimum Gasteiger partial charge on any atom is -0.295 e. The number of hydrogen-bond donors (Lipinski definition) is 0. The maximum absolute atomic E-state index is 13.2. The standard InChI is InChI=1S/C20H11F6IN4O2/c1-9-7-10(8-30-17(19(21,22)23)28-29-18(30)20(24,25)26)5-6-13(9)31-15(32)11-3-2-4-12(27)14(11)16(31)33/h2-7H,8H2,1H3. The summed E-state index contributed by atoms with van der Waals surface area (Å²) in [5.41, 5.74) is 1.01. The van der Waals surface area contributed by atoms with Gasteiger partial charge in [0.1, 0.15) is 0 Å². The molecule has 3 aromatic rings. The molecule has 0 aliphatic carbocycles. The Bertz CT molecular complexity index is 1270. The van der Waals surface area contributed by atoms with Crippen LogP contribution in [0.15, 0.2) is 36.4 Å². The number of fused-ring (bicyclic) bond motifs is 1. The number of rotatable bonds is 3. The van der Waals surface area contributed by atoms with Crippen molar-refractivity contribution in [1.82, 2.24) is 14.8 Å². The zero-order valence-corrected chi connectivity index (χ0v) is 18.6. The van der Waals surface area contributed by atoms with Crippen molar-refractivity contribution in [3.63, 3.8) is 0 Å². The fourth-order valence-electron chi connectivity index (χ4n) is 3.58. The van der Waals surface area contributed by atoms with Crippen LogP contribution in [0.3, 0.4) is 0 Å². The molecule has 0 saturated heterocycles. The monoisotopic (exact) mass is 580 g/mol. The molecule has 2 heterocycles. The van der Waals surface area contributed by atoms with Crippen molar-refractivity contribution >= 4 is 40.1 Å². The molecule has 0 radical (unpaired) electrons. The third kappa shape index (κ3) is 3.98. The van der Waals surface area contributed by atoms with Crippen LogP contribution in [-0.4, -0.2) is 26.6 Å². The van der Waals surface area contributed by atoms with Gasteiger partial charge in [0.2, 0.25) is 11.6 Å².